The Morgan fingerprint density at radius 3 is 2.77 bits per heavy atom. The smallest absolute Gasteiger partial charge is 0.0483 e. The molecule has 2 N–H and O–H groups in total. The van der Waals surface area contributed by atoms with Crippen molar-refractivity contribution in [1.82, 2.24) is 4.57 Å². The number of para-hydroxylation sites is 1. The van der Waals surface area contributed by atoms with Gasteiger partial charge in [0.05, 0.1) is 0 Å². The van der Waals surface area contributed by atoms with Crippen LogP contribution >= 0.6 is 0 Å². The van der Waals surface area contributed by atoms with Crippen LogP contribution in [0.4, 0.5) is 0 Å². The van der Waals surface area contributed by atoms with Crippen LogP contribution in [0.15, 0.2) is 30.5 Å². The average Bonchev–Trinajstić information content (AvgIpc) is 2.56. The van der Waals surface area contributed by atoms with Gasteiger partial charge in [-0.1, -0.05) is 18.2 Å². The molecule has 2 nitrogen and oxygen atoms in total. The summed E-state index contributed by atoms with van der Waals surface area (Å²) < 4.78 is 2.23. The Kier molecular flexibility index (Phi) is 2.07. The minimum Gasteiger partial charge on any atom is -0.347 e. The van der Waals surface area contributed by atoms with Crippen LogP contribution in [0.1, 0.15) is 12.5 Å². The number of hydrogen-bond donors (Lipinski definition) is 1. The van der Waals surface area contributed by atoms with Gasteiger partial charge in [-0.05, 0) is 18.6 Å². The van der Waals surface area contributed by atoms with Gasteiger partial charge in [0.1, 0.15) is 0 Å². The van der Waals surface area contributed by atoms with Gasteiger partial charge in [0, 0.05) is 30.2 Å². The van der Waals surface area contributed by atoms with Crippen LogP contribution in [-0.2, 0) is 13.1 Å². The third kappa shape index (κ3) is 1.23. The molecule has 0 radical (unpaired) electrons. The lowest BCUT2D eigenvalue weighted by molar-refractivity contribution is 0.792. The Bertz CT molecular complexity index is 377. The molecule has 0 fully saturated rings. The first-order chi connectivity index (χ1) is 6.36. The summed E-state index contributed by atoms with van der Waals surface area (Å²) in [4.78, 5) is 0. The summed E-state index contributed by atoms with van der Waals surface area (Å²) in [5, 5.41) is 1.28. The van der Waals surface area contributed by atoms with Crippen LogP contribution in [0, 0.1) is 0 Å². The Morgan fingerprint density at radius 2 is 2.08 bits per heavy atom. The third-order valence-electron chi connectivity index (χ3n) is 2.43. The zero-order chi connectivity index (χ0) is 9.26. The Balaban J connectivity index is 2.74. The molecule has 0 amide bonds. The molecule has 0 aliphatic rings. The van der Waals surface area contributed by atoms with E-state index < -0.39 is 0 Å². The zero-order valence-corrected chi connectivity index (χ0v) is 7.83. The van der Waals surface area contributed by atoms with Gasteiger partial charge in [-0.2, -0.15) is 0 Å². The minimum absolute atomic E-state index is 0.619. The van der Waals surface area contributed by atoms with Gasteiger partial charge in [-0.15, -0.1) is 0 Å². The molecule has 1 aromatic heterocycles. The number of nitrogens with two attached hydrogens (primary N) is 1. The molecule has 1 aromatic carbocycles. The van der Waals surface area contributed by atoms with E-state index in [1.165, 1.54) is 16.5 Å². The fourth-order valence-corrected chi connectivity index (χ4v) is 1.75. The maximum atomic E-state index is 5.67. The summed E-state index contributed by atoms with van der Waals surface area (Å²) in [6, 6.07) is 8.39. The Hall–Kier alpha value is -1.28. The SMILES string of the molecule is CCn1cc(CN)c2ccccc21. The Labute approximate surface area is 78.0 Å². The fourth-order valence-electron chi connectivity index (χ4n) is 1.75. The molecule has 1 heterocycles. The number of nitrogens with zero attached hydrogens (tertiary/aromatic N) is 1. The largest absolute Gasteiger partial charge is 0.347 e. The maximum absolute atomic E-state index is 5.67. The minimum atomic E-state index is 0.619. The van der Waals surface area contributed by atoms with Crippen molar-refractivity contribution in [2.24, 2.45) is 5.73 Å². The number of aryl methyl sites for hydroxylation is 1. The predicted molar refractivity (Wildman–Crippen MR) is 55.5 cm³/mol. The van der Waals surface area contributed by atoms with E-state index in [1.807, 2.05) is 0 Å². The summed E-state index contributed by atoms with van der Waals surface area (Å²) in [5.41, 5.74) is 8.19. The average molecular weight is 174 g/mol. The van der Waals surface area contributed by atoms with E-state index in [1.54, 1.807) is 0 Å². The van der Waals surface area contributed by atoms with E-state index in [-0.39, 0.29) is 0 Å². The van der Waals surface area contributed by atoms with Crippen molar-refractivity contribution in [3.05, 3.63) is 36.0 Å². The van der Waals surface area contributed by atoms with Crippen molar-refractivity contribution < 1.29 is 0 Å². The summed E-state index contributed by atoms with van der Waals surface area (Å²) in [7, 11) is 0. The molecule has 0 saturated heterocycles. The summed E-state index contributed by atoms with van der Waals surface area (Å²) in [6.07, 6.45) is 2.14. The summed E-state index contributed by atoms with van der Waals surface area (Å²) in [6.45, 7) is 3.76. The molecule has 13 heavy (non-hydrogen) atoms. The summed E-state index contributed by atoms with van der Waals surface area (Å²) in [5.74, 6) is 0. The van der Waals surface area contributed by atoms with E-state index >= 15 is 0 Å². The first-order valence-corrected chi connectivity index (χ1v) is 4.63. The second kappa shape index (κ2) is 3.23. The number of rotatable bonds is 2. The quantitative estimate of drug-likeness (QED) is 0.742. The van der Waals surface area contributed by atoms with Gasteiger partial charge in [0.15, 0.2) is 0 Å². The molecule has 0 saturated carbocycles. The highest BCUT2D eigenvalue weighted by Gasteiger charge is 2.03. The van der Waals surface area contributed by atoms with E-state index in [0.29, 0.717) is 6.54 Å². The van der Waals surface area contributed by atoms with Gasteiger partial charge >= 0.3 is 0 Å². The monoisotopic (exact) mass is 174 g/mol. The second-order valence-corrected chi connectivity index (χ2v) is 3.16. The van der Waals surface area contributed by atoms with Gasteiger partial charge < -0.3 is 10.3 Å². The number of aromatic nitrogens is 1. The normalized spacial score (nSPS) is 10.9. The van der Waals surface area contributed by atoms with Gasteiger partial charge in [-0.25, -0.2) is 0 Å². The highest BCUT2D eigenvalue weighted by molar-refractivity contribution is 5.83. The van der Waals surface area contributed by atoms with E-state index in [2.05, 4.69) is 42.0 Å². The molecule has 0 aliphatic heterocycles. The molecule has 2 heteroatoms. The predicted octanol–water partition coefficient (Wildman–Crippen LogP) is 2.12. The third-order valence-corrected chi connectivity index (χ3v) is 2.43. The van der Waals surface area contributed by atoms with Crippen molar-refractivity contribution in [3.8, 4) is 0 Å². The Morgan fingerprint density at radius 1 is 1.31 bits per heavy atom. The molecule has 0 unspecified atom stereocenters. The van der Waals surface area contributed by atoms with Gasteiger partial charge in [0.25, 0.3) is 0 Å². The number of benzene rings is 1. The van der Waals surface area contributed by atoms with Crippen molar-refractivity contribution in [2.75, 3.05) is 0 Å². The van der Waals surface area contributed by atoms with Gasteiger partial charge in [0.2, 0.25) is 0 Å². The highest BCUT2D eigenvalue weighted by atomic mass is 14.9. The molecule has 2 aromatic rings. The van der Waals surface area contributed by atoms with E-state index in [9.17, 15) is 0 Å². The second-order valence-electron chi connectivity index (χ2n) is 3.16. The lowest BCUT2D eigenvalue weighted by atomic mass is 10.2. The number of fused-ring (bicyclic) bond motifs is 1. The molecule has 0 bridgehead atoms. The fraction of sp³-hybridized carbons (Fsp3) is 0.273. The molecule has 68 valence electrons. The van der Waals surface area contributed by atoms with Crippen molar-refractivity contribution in [1.29, 1.82) is 0 Å². The molecule has 2 rings (SSSR count). The zero-order valence-electron chi connectivity index (χ0n) is 7.83. The van der Waals surface area contributed by atoms with Gasteiger partial charge in [-0.3, -0.25) is 0 Å². The van der Waals surface area contributed by atoms with E-state index in [4.69, 9.17) is 5.73 Å². The van der Waals surface area contributed by atoms with E-state index in [0.717, 1.165) is 6.54 Å². The van der Waals surface area contributed by atoms with Crippen LogP contribution in [0.25, 0.3) is 10.9 Å². The van der Waals surface area contributed by atoms with Crippen molar-refractivity contribution in [3.63, 3.8) is 0 Å². The first-order valence-electron chi connectivity index (χ1n) is 4.63. The van der Waals surface area contributed by atoms with Crippen LogP contribution in [0.2, 0.25) is 0 Å². The van der Waals surface area contributed by atoms with Crippen molar-refractivity contribution >= 4 is 10.9 Å². The molecular weight excluding hydrogens is 160 g/mol. The maximum Gasteiger partial charge on any atom is 0.0483 e. The summed E-state index contributed by atoms with van der Waals surface area (Å²) >= 11 is 0. The van der Waals surface area contributed by atoms with Crippen LogP contribution in [0.3, 0.4) is 0 Å². The first kappa shape index (κ1) is 8.32. The lowest BCUT2D eigenvalue weighted by Crippen LogP contribution is -1.94. The van der Waals surface area contributed by atoms with Crippen LogP contribution < -0.4 is 5.73 Å². The highest BCUT2D eigenvalue weighted by Crippen LogP contribution is 2.20. The molecule has 0 spiro atoms. The standard InChI is InChI=1S/C11H14N2/c1-2-13-8-9(7-12)10-5-3-4-6-11(10)13/h3-6,8H,2,7,12H2,1H3. The number of hydrogen-bond acceptors (Lipinski definition) is 1. The molecule has 0 aliphatic carbocycles. The van der Waals surface area contributed by atoms with Crippen LogP contribution in [-0.4, -0.2) is 4.57 Å². The van der Waals surface area contributed by atoms with Crippen molar-refractivity contribution in [2.45, 2.75) is 20.0 Å². The topological polar surface area (TPSA) is 30.9 Å². The molecule has 0 atom stereocenters. The van der Waals surface area contributed by atoms with Crippen LogP contribution in [0.5, 0.6) is 0 Å². The lowest BCUT2D eigenvalue weighted by Gasteiger charge is -1.98. The molecular formula is C11H14N2.